The topological polar surface area (TPSA) is 84.9 Å². The van der Waals surface area contributed by atoms with E-state index in [1.54, 1.807) is 17.8 Å². The van der Waals surface area contributed by atoms with Crippen LogP contribution in [-0.2, 0) is 14.3 Å². The molecule has 3 rings (SSSR count). The van der Waals surface area contributed by atoms with E-state index in [0.717, 1.165) is 35.1 Å². The Kier molecular flexibility index (Phi) is 13.0. The number of rotatable bonds is 15. The molecule has 4 unspecified atom stereocenters. The maximum atomic E-state index is 13.5. The highest BCUT2D eigenvalue weighted by molar-refractivity contribution is 7.98. The van der Waals surface area contributed by atoms with Gasteiger partial charge in [0, 0.05) is 11.1 Å². The van der Waals surface area contributed by atoms with Gasteiger partial charge in [-0.1, -0.05) is 69.4 Å². The number of nitrogens with one attached hydrogen (secondary N) is 1. The smallest absolute Gasteiger partial charge is 0.326 e. The van der Waals surface area contributed by atoms with E-state index in [1.807, 2.05) is 56.5 Å². The third-order valence-electron chi connectivity index (χ3n) is 7.89. The van der Waals surface area contributed by atoms with Crippen LogP contribution in [0.5, 0.6) is 0 Å². The number of carbonyl (C=O) groups is 2. The largest absolute Gasteiger partial charge is 0.480 e. The molecule has 0 heterocycles. The molecular formula is C33H47NO5S. The molecule has 0 aromatic heterocycles. The summed E-state index contributed by atoms with van der Waals surface area (Å²) in [6.45, 7) is 8.28. The van der Waals surface area contributed by atoms with Crippen molar-refractivity contribution in [2.75, 3.05) is 12.0 Å². The average Bonchev–Trinajstić information content (AvgIpc) is 2.95. The molecule has 0 spiro atoms. The van der Waals surface area contributed by atoms with E-state index >= 15 is 0 Å². The van der Waals surface area contributed by atoms with Gasteiger partial charge in [-0.05, 0) is 86.8 Å². The Morgan fingerprint density at radius 3 is 2.38 bits per heavy atom. The molecule has 4 atom stereocenters. The molecule has 0 saturated heterocycles. The van der Waals surface area contributed by atoms with Crippen molar-refractivity contribution >= 4 is 23.6 Å². The Hall–Kier alpha value is -2.35. The van der Waals surface area contributed by atoms with Crippen LogP contribution < -0.4 is 5.32 Å². The molecule has 2 N–H and O–H groups in total. The van der Waals surface area contributed by atoms with Crippen molar-refractivity contribution in [2.24, 2.45) is 5.92 Å². The van der Waals surface area contributed by atoms with Crippen LogP contribution in [-0.4, -0.2) is 47.2 Å². The maximum absolute atomic E-state index is 13.5. The molecule has 6 nitrogen and oxygen atoms in total. The first-order valence-electron chi connectivity index (χ1n) is 14.8. The zero-order valence-corrected chi connectivity index (χ0v) is 25.6. The van der Waals surface area contributed by atoms with Gasteiger partial charge in [0.05, 0.1) is 12.2 Å². The van der Waals surface area contributed by atoms with E-state index in [4.69, 9.17) is 9.47 Å². The van der Waals surface area contributed by atoms with Crippen LogP contribution in [0.2, 0.25) is 0 Å². The van der Waals surface area contributed by atoms with Gasteiger partial charge in [0.1, 0.15) is 6.04 Å². The van der Waals surface area contributed by atoms with Gasteiger partial charge in [-0.15, -0.1) is 0 Å². The van der Waals surface area contributed by atoms with Gasteiger partial charge in [-0.2, -0.15) is 11.8 Å². The number of carboxylic acid groups (broad SMARTS) is 1. The number of carbonyl (C=O) groups excluding carboxylic acids is 1. The lowest BCUT2D eigenvalue weighted by atomic mass is 9.85. The second-order valence-electron chi connectivity index (χ2n) is 11.1. The van der Waals surface area contributed by atoms with Crippen LogP contribution in [0.15, 0.2) is 42.5 Å². The van der Waals surface area contributed by atoms with Crippen LogP contribution >= 0.6 is 11.8 Å². The number of aliphatic carboxylic acids is 1. The molecule has 1 saturated carbocycles. The molecule has 0 aliphatic heterocycles. The summed E-state index contributed by atoms with van der Waals surface area (Å²) >= 11 is 1.56. The van der Waals surface area contributed by atoms with Crippen molar-refractivity contribution in [3.05, 3.63) is 59.2 Å². The predicted molar refractivity (Wildman–Crippen MR) is 164 cm³/mol. The molecule has 1 aliphatic rings. The highest BCUT2D eigenvalue weighted by atomic mass is 32.2. The SMILES string of the molecule is CCC(C)OC(OC(C)CC1CCCCC1)c1ccc(C(=O)NC(CCSC)C(=O)O)c(-c2ccccc2C)c1. The van der Waals surface area contributed by atoms with Gasteiger partial charge in [-0.25, -0.2) is 4.79 Å². The van der Waals surface area contributed by atoms with Crippen molar-refractivity contribution in [3.8, 4) is 11.1 Å². The number of aryl methyl sites for hydroxylation is 1. The van der Waals surface area contributed by atoms with E-state index in [1.165, 1.54) is 32.1 Å². The zero-order chi connectivity index (χ0) is 29.1. The Bertz CT molecular complexity index is 1100. The monoisotopic (exact) mass is 569 g/mol. The number of carboxylic acids is 1. The van der Waals surface area contributed by atoms with Crippen LogP contribution in [0, 0.1) is 12.8 Å². The molecule has 220 valence electrons. The van der Waals surface area contributed by atoms with E-state index in [2.05, 4.69) is 19.2 Å². The van der Waals surface area contributed by atoms with Crippen molar-refractivity contribution in [1.29, 1.82) is 0 Å². The lowest BCUT2D eigenvalue weighted by Gasteiger charge is -2.29. The van der Waals surface area contributed by atoms with Crippen molar-refractivity contribution < 1.29 is 24.2 Å². The summed E-state index contributed by atoms with van der Waals surface area (Å²) in [4.78, 5) is 25.3. The molecule has 2 aromatic rings. The Balaban J connectivity index is 1.96. The fourth-order valence-corrected chi connectivity index (χ4v) is 5.86. The summed E-state index contributed by atoms with van der Waals surface area (Å²) in [6, 6.07) is 12.6. The highest BCUT2D eigenvalue weighted by Gasteiger charge is 2.26. The molecule has 1 fully saturated rings. The second-order valence-corrected chi connectivity index (χ2v) is 12.1. The van der Waals surface area contributed by atoms with Gasteiger partial charge in [0.25, 0.3) is 5.91 Å². The van der Waals surface area contributed by atoms with Crippen molar-refractivity contribution in [2.45, 2.75) is 104 Å². The number of amides is 1. The minimum Gasteiger partial charge on any atom is -0.480 e. The van der Waals surface area contributed by atoms with E-state index in [0.29, 0.717) is 23.7 Å². The number of hydrogen-bond acceptors (Lipinski definition) is 5. The lowest BCUT2D eigenvalue weighted by molar-refractivity contribution is -0.196. The quantitative estimate of drug-likeness (QED) is 0.213. The third kappa shape index (κ3) is 9.35. The maximum Gasteiger partial charge on any atom is 0.326 e. The van der Waals surface area contributed by atoms with Crippen LogP contribution in [0.4, 0.5) is 0 Å². The number of benzene rings is 2. The standard InChI is InChI=1S/C33H47NO5S/c1-6-23(3)38-33(39-24(4)20-25-13-8-7-9-14-25)26-16-17-28(29(21-26)27-15-11-10-12-22(27)2)31(35)34-30(32(36)37)18-19-40-5/h10-12,15-17,21,23-25,30,33H,6-9,13-14,18-20H2,1-5H3,(H,34,35)(H,36,37). The first-order chi connectivity index (χ1) is 19.2. The molecule has 1 amide bonds. The van der Waals surface area contributed by atoms with Gasteiger partial charge >= 0.3 is 5.97 Å². The van der Waals surface area contributed by atoms with E-state index in [9.17, 15) is 14.7 Å². The first kappa shape index (κ1) is 32.2. The fourth-order valence-electron chi connectivity index (χ4n) is 5.39. The van der Waals surface area contributed by atoms with Crippen LogP contribution in [0.25, 0.3) is 11.1 Å². The molecule has 2 aromatic carbocycles. The highest BCUT2D eigenvalue weighted by Crippen LogP contribution is 2.34. The minimum absolute atomic E-state index is 0.00419. The van der Waals surface area contributed by atoms with Gasteiger partial charge < -0.3 is 19.9 Å². The Labute approximate surface area is 244 Å². The van der Waals surface area contributed by atoms with Crippen molar-refractivity contribution in [3.63, 3.8) is 0 Å². The summed E-state index contributed by atoms with van der Waals surface area (Å²) in [6.07, 6.45) is 10.1. The zero-order valence-electron chi connectivity index (χ0n) is 24.8. The summed E-state index contributed by atoms with van der Waals surface area (Å²) in [5.41, 5.74) is 3.97. The predicted octanol–water partition coefficient (Wildman–Crippen LogP) is 7.79. The Morgan fingerprint density at radius 2 is 1.73 bits per heavy atom. The van der Waals surface area contributed by atoms with Gasteiger partial charge in [0.15, 0.2) is 6.29 Å². The molecule has 0 bridgehead atoms. The Morgan fingerprint density at radius 1 is 1.02 bits per heavy atom. The molecule has 7 heteroatoms. The second kappa shape index (κ2) is 16.2. The molecule has 0 radical (unpaired) electrons. The molecular weight excluding hydrogens is 522 g/mol. The number of hydrogen-bond donors (Lipinski definition) is 2. The molecule has 40 heavy (non-hydrogen) atoms. The van der Waals surface area contributed by atoms with Gasteiger partial charge in [0.2, 0.25) is 0 Å². The average molecular weight is 570 g/mol. The fraction of sp³-hybridized carbons (Fsp3) is 0.576. The third-order valence-corrected chi connectivity index (χ3v) is 8.53. The van der Waals surface area contributed by atoms with Gasteiger partial charge in [-0.3, -0.25) is 4.79 Å². The summed E-state index contributed by atoms with van der Waals surface area (Å²) < 4.78 is 13.0. The van der Waals surface area contributed by atoms with E-state index < -0.39 is 24.2 Å². The van der Waals surface area contributed by atoms with Crippen LogP contribution in [0.1, 0.15) is 99.9 Å². The first-order valence-corrected chi connectivity index (χ1v) is 16.2. The summed E-state index contributed by atoms with van der Waals surface area (Å²) in [5.74, 6) is -0.0933. The number of thioether (sulfide) groups is 1. The van der Waals surface area contributed by atoms with Crippen LogP contribution in [0.3, 0.4) is 0 Å². The van der Waals surface area contributed by atoms with Crippen molar-refractivity contribution in [1.82, 2.24) is 5.32 Å². The summed E-state index contributed by atoms with van der Waals surface area (Å²) in [5, 5.41) is 12.4. The number of ether oxygens (including phenoxy) is 2. The normalized spacial score (nSPS) is 17.1. The lowest BCUT2D eigenvalue weighted by Crippen LogP contribution is -2.41. The van der Waals surface area contributed by atoms with E-state index in [-0.39, 0.29) is 12.2 Å². The minimum atomic E-state index is -1.03. The molecule has 1 aliphatic carbocycles. The summed E-state index contributed by atoms with van der Waals surface area (Å²) in [7, 11) is 0.